The number of rotatable bonds is 3. The van der Waals surface area contributed by atoms with Gasteiger partial charge in [-0.3, -0.25) is 4.79 Å². The molecule has 2 aromatic rings. The van der Waals surface area contributed by atoms with Crippen LogP contribution >= 0.6 is 0 Å². The van der Waals surface area contributed by atoms with E-state index in [4.69, 9.17) is 0 Å². The lowest BCUT2D eigenvalue weighted by atomic mass is 9.93. The molecule has 0 fully saturated rings. The Labute approximate surface area is 128 Å². The monoisotopic (exact) mass is 293 g/mol. The van der Waals surface area contributed by atoms with E-state index in [2.05, 4.69) is 10.3 Å². The fourth-order valence-corrected chi connectivity index (χ4v) is 2.53. The van der Waals surface area contributed by atoms with Crippen LogP contribution in [0.5, 0.6) is 0 Å². The summed E-state index contributed by atoms with van der Waals surface area (Å²) in [5, 5.41) is 18.4. The average molecular weight is 293 g/mol. The smallest absolute Gasteiger partial charge is 0.262 e. The van der Waals surface area contributed by atoms with E-state index in [1.165, 1.54) is 5.01 Å². The van der Waals surface area contributed by atoms with Gasteiger partial charge in [0, 0.05) is 5.56 Å². The molecule has 1 amide bonds. The van der Waals surface area contributed by atoms with Crippen molar-refractivity contribution in [1.82, 2.24) is 0 Å². The Kier molecular flexibility index (Phi) is 3.70. The van der Waals surface area contributed by atoms with Crippen molar-refractivity contribution in [3.8, 4) is 0 Å². The van der Waals surface area contributed by atoms with Crippen LogP contribution < -0.4 is 5.01 Å². The Morgan fingerprint density at radius 3 is 2.27 bits per heavy atom. The molecule has 0 bridgehead atoms. The molecule has 5 nitrogen and oxygen atoms in total. The molecule has 3 rings (SSSR count). The highest BCUT2D eigenvalue weighted by Gasteiger charge is 2.38. The van der Waals surface area contributed by atoms with Gasteiger partial charge >= 0.3 is 0 Å². The van der Waals surface area contributed by atoms with Crippen LogP contribution in [0.15, 0.2) is 70.9 Å². The molecule has 2 aromatic carbocycles. The lowest BCUT2D eigenvalue weighted by molar-refractivity contribution is -0.118. The van der Waals surface area contributed by atoms with Crippen LogP contribution in [0.4, 0.5) is 5.69 Å². The zero-order valence-electron chi connectivity index (χ0n) is 12.0. The molecule has 0 unspecified atom stereocenters. The van der Waals surface area contributed by atoms with E-state index >= 15 is 0 Å². The highest BCUT2D eigenvalue weighted by molar-refractivity contribution is 6.31. The first kappa shape index (κ1) is 14.0. The summed E-state index contributed by atoms with van der Waals surface area (Å²) in [5.74, 6) is -0.895. The summed E-state index contributed by atoms with van der Waals surface area (Å²) in [6.07, 6.45) is 0. The lowest BCUT2D eigenvalue weighted by Gasteiger charge is -2.15. The number of hydrogen-bond acceptors (Lipinski definition) is 4. The highest BCUT2D eigenvalue weighted by atomic mass is 16.4. The van der Waals surface area contributed by atoms with Gasteiger partial charge < -0.3 is 5.21 Å². The van der Waals surface area contributed by atoms with Crippen LogP contribution in [-0.4, -0.2) is 22.5 Å². The molecular weight excluding hydrogens is 278 g/mol. The number of anilines is 1. The number of amides is 1. The quantitative estimate of drug-likeness (QED) is 0.537. The minimum Gasteiger partial charge on any atom is -0.411 e. The zero-order valence-corrected chi connectivity index (χ0v) is 12.0. The lowest BCUT2D eigenvalue weighted by Crippen LogP contribution is -2.33. The largest absolute Gasteiger partial charge is 0.411 e. The molecule has 110 valence electrons. The molecule has 5 heteroatoms. The third kappa shape index (κ3) is 2.37. The first-order valence-electron chi connectivity index (χ1n) is 6.94. The predicted molar refractivity (Wildman–Crippen MR) is 85.3 cm³/mol. The van der Waals surface area contributed by atoms with Crippen molar-refractivity contribution in [2.75, 3.05) is 5.01 Å². The second kappa shape index (κ2) is 5.81. The molecule has 1 heterocycles. The maximum absolute atomic E-state index is 12.7. The second-order valence-electron chi connectivity index (χ2n) is 5.01. The zero-order chi connectivity index (χ0) is 15.5. The van der Waals surface area contributed by atoms with Crippen molar-refractivity contribution in [2.45, 2.75) is 6.92 Å². The van der Waals surface area contributed by atoms with Crippen molar-refractivity contribution in [2.24, 2.45) is 16.2 Å². The van der Waals surface area contributed by atoms with Crippen molar-refractivity contribution < 1.29 is 10.0 Å². The number of hydrogen-bond donors (Lipinski definition) is 1. The summed E-state index contributed by atoms with van der Waals surface area (Å²) in [5.41, 5.74) is 2.31. The molecular formula is C17H15N3O2. The molecule has 1 N–H and O–H groups in total. The molecule has 0 aliphatic carbocycles. The molecule has 0 saturated carbocycles. The van der Waals surface area contributed by atoms with Crippen molar-refractivity contribution >= 4 is 23.0 Å². The Bertz CT molecular complexity index is 739. The third-order valence-corrected chi connectivity index (χ3v) is 3.58. The third-order valence-electron chi connectivity index (χ3n) is 3.58. The van der Waals surface area contributed by atoms with E-state index in [1.807, 2.05) is 48.5 Å². The van der Waals surface area contributed by atoms with Crippen molar-refractivity contribution in [3.63, 3.8) is 0 Å². The summed E-state index contributed by atoms with van der Waals surface area (Å²) < 4.78 is 0. The first-order valence-corrected chi connectivity index (χ1v) is 6.94. The Hall–Kier alpha value is -2.95. The van der Waals surface area contributed by atoms with Crippen LogP contribution in [0.3, 0.4) is 0 Å². The number of para-hydroxylation sites is 1. The number of oxime groups is 1. The number of nitrogens with zero attached hydrogens (tertiary/aromatic N) is 3. The van der Waals surface area contributed by atoms with E-state index in [-0.39, 0.29) is 5.91 Å². The fraction of sp³-hybridized carbons (Fsp3) is 0.118. The molecule has 0 aromatic heterocycles. The van der Waals surface area contributed by atoms with Crippen LogP contribution in [0.25, 0.3) is 0 Å². The number of carbonyl (C=O) groups excluding carboxylic acids is 1. The van der Waals surface area contributed by atoms with Gasteiger partial charge in [0.15, 0.2) is 0 Å². The topological polar surface area (TPSA) is 65.3 Å². The second-order valence-corrected chi connectivity index (χ2v) is 5.01. The summed E-state index contributed by atoms with van der Waals surface area (Å²) in [4.78, 5) is 12.7. The standard InChI is InChI=1S/C17H15N3O2/c1-12-15(16(19-22)13-8-4-2-5-9-13)17(21)20(18-12)14-10-6-3-7-11-14/h2-11,15,22H,1H3/b19-16-/t15-/m0/s1. The van der Waals surface area contributed by atoms with Crippen LogP contribution in [0, 0.1) is 5.92 Å². The first-order chi connectivity index (χ1) is 10.7. The van der Waals surface area contributed by atoms with Crippen LogP contribution in [-0.2, 0) is 4.79 Å². The maximum Gasteiger partial charge on any atom is 0.262 e. The van der Waals surface area contributed by atoms with Gasteiger partial charge in [-0.1, -0.05) is 53.7 Å². The molecule has 0 saturated heterocycles. The van der Waals surface area contributed by atoms with E-state index in [0.29, 0.717) is 22.7 Å². The molecule has 1 aliphatic rings. The van der Waals surface area contributed by atoms with Gasteiger partial charge in [-0.25, -0.2) is 0 Å². The number of benzene rings is 2. The summed E-state index contributed by atoms with van der Waals surface area (Å²) >= 11 is 0. The Morgan fingerprint density at radius 1 is 1.09 bits per heavy atom. The molecule has 1 aliphatic heterocycles. The van der Waals surface area contributed by atoms with Crippen molar-refractivity contribution in [3.05, 3.63) is 66.2 Å². The minimum atomic E-state index is -0.674. The van der Waals surface area contributed by atoms with E-state index in [1.54, 1.807) is 19.1 Å². The van der Waals surface area contributed by atoms with Gasteiger partial charge in [0.05, 0.1) is 11.4 Å². The molecule has 1 atom stereocenters. The molecule has 22 heavy (non-hydrogen) atoms. The van der Waals surface area contributed by atoms with Gasteiger partial charge in [0.2, 0.25) is 0 Å². The predicted octanol–water partition coefficient (Wildman–Crippen LogP) is 2.90. The van der Waals surface area contributed by atoms with Gasteiger partial charge in [-0.2, -0.15) is 10.1 Å². The van der Waals surface area contributed by atoms with Crippen LogP contribution in [0.2, 0.25) is 0 Å². The normalized spacial score (nSPS) is 18.5. The molecule has 0 radical (unpaired) electrons. The van der Waals surface area contributed by atoms with E-state index in [9.17, 15) is 10.0 Å². The van der Waals surface area contributed by atoms with Crippen molar-refractivity contribution in [1.29, 1.82) is 0 Å². The maximum atomic E-state index is 12.7. The molecule has 0 spiro atoms. The summed E-state index contributed by atoms with van der Waals surface area (Å²) in [6, 6.07) is 18.3. The van der Waals surface area contributed by atoms with Crippen LogP contribution in [0.1, 0.15) is 12.5 Å². The van der Waals surface area contributed by atoms with E-state index in [0.717, 1.165) is 0 Å². The van der Waals surface area contributed by atoms with Gasteiger partial charge in [-0.05, 0) is 19.1 Å². The minimum absolute atomic E-state index is 0.222. The highest BCUT2D eigenvalue weighted by Crippen LogP contribution is 2.26. The van der Waals surface area contributed by atoms with E-state index < -0.39 is 5.92 Å². The van der Waals surface area contributed by atoms with Gasteiger partial charge in [0.1, 0.15) is 11.6 Å². The Balaban J connectivity index is 1.96. The van der Waals surface area contributed by atoms with Gasteiger partial charge in [-0.15, -0.1) is 0 Å². The average Bonchev–Trinajstić information content (AvgIpc) is 2.86. The number of hydrazone groups is 1. The number of carbonyl (C=O) groups is 1. The fourth-order valence-electron chi connectivity index (χ4n) is 2.53. The van der Waals surface area contributed by atoms with Gasteiger partial charge in [0.25, 0.3) is 5.91 Å². The summed E-state index contributed by atoms with van der Waals surface area (Å²) in [7, 11) is 0. The SMILES string of the molecule is CC1=NN(c2ccccc2)C(=O)[C@@H]1/C(=N\O)c1ccccc1. The Morgan fingerprint density at radius 2 is 1.68 bits per heavy atom. The summed E-state index contributed by atoms with van der Waals surface area (Å²) in [6.45, 7) is 1.76.